The quantitative estimate of drug-likeness (QED) is 0.495. The summed E-state index contributed by atoms with van der Waals surface area (Å²) in [5.41, 5.74) is 0.0657. The molecule has 8 atom stereocenters. The smallest absolute Gasteiger partial charge is 0.308 e. The van der Waals surface area contributed by atoms with Crippen LogP contribution in [0.25, 0.3) is 0 Å². The molecule has 1 saturated carbocycles. The first-order valence-electron chi connectivity index (χ1n) is 12.4. The molecule has 2 bridgehead atoms. The maximum atomic E-state index is 12.6. The van der Waals surface area contributed by atoms with Crippen molar-refractivity contribution in [1.29, 1.82) is 0 Å². The average Bonchev–Trinajstić information content (AvgIpc) is 3.06. The zero-order chi connectivity index (χ0) is 23.9. The fourth-order valence-corrected chi connectivity index (χ4v) is 6.19. The van der Waals surface area contributed by atoms with E-state index in [2.05, 4.69) is 17.2 Å². The van der Waals surface area contributed by atoms with E-state index >= 15 is 0 Å². The highest BCUT2D eigenvalue weighted by atomic mass is 17.3. The summed E-state index contributed by atoms with van der Waals surface area (Å²) in [7, 11) is 0. The van der Waals surface area contributed by atoms with Gasteiger partial charge in [0, 0.05) is 30.9 Å². The number of pyridine rings is 1. The molecule has 5 aliphatic rings. The van der Waals surface area contributed by atoms with E-state index in [0.717, 1.165) is 31.4 Å². The maximum Gasteiger partial charge on any atom is 0.308 e. The van der Waals surface area contributed by atoms with Gasteiger partial charge in [-0.05, 0) is 50.2 Å². The van der Waals surface area contributed by atoms with Crippen molar-refractivity contribution in [1.82, 2.24) is 10.3 Å². The molecule has 0 aromatic carbocycles. The lowest BCUT2D eigenvalue weighted by atomic mass is 9.58. The SMILES string of the molecule is CC1CCC2C(C)C(OC(=O)CCC(=O)NCc3ccccn3)OC3OC4(C)CCC1C32OO4. The molecule has 1 aromatic rings. The van der Waals surface area contributed by atoms with Crippen molar-refractivity contribution in [3.05, 3.63) is 30.1 Å². The molecule has 186 valence electrons. The third-order valence-corrected chi connectivity index (χ3v) is 8.09. The van der Waals surface area contributed by atoms with Crippen LogP contribution < -0.4 is 5.32 Å². The highest BCUT2D eigenvalue weighted by molar-refractivity contribution is 5.81. The van der Waals surface area contributed by atoms with Gasteiger partial charge in [-0.25, -0.2) is 9.78 Å². The Bertz CT molecular complexity index is 914. The number of esters is 1. The molecular formula is C25H34N2O7. The van der Waals surface area contributed by atoms with Crippen LogP contribution in [-0.4, -0.2) is 40.8 Å². The van der Waals surface area contributed by atoms with Crippen molar-refractivity contribution in [3.63, 3.8) is 0 Å². The lowest BCUT2D eigenvalue weighted by Gasteiger charge is -2.59. The molecule has 5 heterocycles. The summed E-state index contributed by atoms with van der Waals surface area (Å²) in [4.78, 5) is 40.9. The van der Waals surface area contributed by atoms with Crippen LogP contribution in [0.3, 0.4) is 0 Å². The molecule has 4 saturated heterocycles. The lowest BCUT2D eigenvalue weighted by molar-refractivity contribution is -0.576. The predicted molar refractivity (Wildman–Crippen MR) is 118 cm³/mol. The number of nitrogens with zero attached hydrogens (tertiary/aromatic N) is 1. The standard InChI is InChI=1S/C25H34N2O7/c1-15-7-8-19-16(2)22(31-23-25(19)18(15)11-12-24(3,32-23)33-34-25)30-21(29)10-9-20(28)27-14-17-6-4-5-13-26-17/h4-6,13,15-16,18-19,22-23H,7-12,14H2,1-3H3,(H,27,28). The van der Waals surface area contributed by atoms with Crippen LogP contribution in [0.5, 0.6) is 0 Å². The van der Waals surface area contributed by atoms with Gasteiger partial charge in [0.05, 0.1) is 18.7 Å². The summed E-state index contributed by atoms with van der Waals surface area (Å²) in [6, 6.07) is 5.51. The first-order chi connectivity index (χ1) is 16.3. The molecule has 1 aliphatic carbocycles. The Balaban J connectivity index is 1.20. The molecule has 1 amide bonds. The summed E-state index contributed by atoms with van der Waals surface area (Å²) < 4.78 is 18.3. The van der Waals surface area contributed by atoms with Gasteiger partial charge in [-0.3, -0.25) is 14.6 Å². The summed E-state index contributed by atoms with van der Waals surface area (Å²) in [6.07, 6.45) is 3.92. The predicted octanol–water partition coefficient (Wildman–Crippen LogP) is 3.23. The van der Waals surface area contributed by atoms with Crippen molar-refractivity contribution >= 4 is 11.9 Å². The average molecular weight is 475 g/mol. The number of nitrogens with one attached hydrogen (secondary N) is 1. The second-order valence-electron chi connectivity index (χ2n) is 10.4. The van der Waals surface area contributed by atoms with Crippen LogP contribution in [0, 0.1) is 23.7 Å². The van der Waals surface area contributed by atoms with E-state index in [1.807, 2.05) is 32.0 Å². The summed E-state index contributed by atoms with van der Waals surface area (Å²) >= 11 is 0. The van der Waals surface area contributed by atoms with Gasteiger partial charge >= 0.3 is 5.97 Å². The fraction of sp³-hybridized carbons (Fsp3) is 0.720. The Morgan fingerprint density at radius 1 is 1.15 bits per heavy atom. The minimum Gasteiger partial charge on any atom is -0.435 e. The van der Waals surface area contributed by atoms with Gasteiger partial charge in [0.1, 0.15) is 0 Å². The second kappa shape index (κ2) is 9.18. The number of carbonyl (C=O) groups excluding carboxylic acids is 2. The Labute approximate surface area is 199 Å². The van der Waals surface area contributed by atoms with E-state index in [9.17, 15) is 9.59 Å². The van der Waals surface area contributed by atoms with E-state index in [1.54, 1.807) is 6.20 Å². The molecular weight excluding hydrogens is 440 g/mol. The van der Waals surface area contributed by atoms with Crippen LogP contribution in [0.1, 0.15) is 65.0 Å². The van der Waals surface area contributed by atoms with Crippen LogP contribution in [0.2, 0.25) is 0 Å². The summed E-state index contributed by atoms with van der Waals surface area (Å²) in [5, 5.41) is 2.77. The first kappa shape index (κ1) is 23.7. The molecule has 1 N–H and O–H groups in total. The van der Waals surface area contributed by atoms with Gasteiger partial charge in [0.25, 0.3) is 0 Å². The zero-order valence-electron chi connectivity index (χ0n) is 20.0. The Morgan fingerprint density at radius 3 is 2.79 bits per heavy atom. The molecule has 1 aromatic heterocycles. The number of amides is 1. The minimum atomic E-state index is -0.877. The Morgan fingerprint density at radius 2 is 2.00 bits per heavy atom. The summed E-state index contributed by atoms with van der Waals surface area (Å²) in [5.74, 6) is -0.876. The van der Waals surface area contributed by atoms with Gasteiger partial charge in [-0.1, -0.05) is 19.9 Å². The monoisotopic (exact) mass is 474 g/mol. The van der Waals surface area contributed by atoms with Gasteiger partial charge < -0.3 is 19.5 Å². The van der Waals surface area contributed by atoms with Crippen LogP contribution in [0.15, 0.2) is 24.4 Å². The Kier molecular flexibility index (Phi) is 6.39. The third kappa shape index (κ3) is 4.23. The number of rotatable bonds is 6. The zero-order valence-corrected chi connectivity index (χ0v) is 20.0. The first-order valence-corrected chi connectivity index (χ1v) is 12.4. The Hall–Kier alpha value is -2.07. The van der Waals surface area contributed by atoms with E-state index < -0.39 is 29.9 Å². The lowest BCUT2D eigenvalue weighted by Crippen LogP contribution is -2.70. The van der Waals surface area contributed by atoms with Gasteiger partial charge in [-0.15, -0.1) is 0 Å². The molecule has 5 fully saturated rings. The van der Waals surface area contributed by atoms with E-state index in [1.165, 1.54) is 0 Å². The van der Waals surface area contributed by atoms with E-state index in [4.69, 9.17) is 24.0 Å². The number of carbonyl (C=O) groups is 2. The number of aromatic nitrogens is 1. The molecule has 6 rings (SSSR count). The van der Waals surface area contributed by atoms with Crippen LogP contribution in [-0.2, 0) is 40.1 Å². The van der Waals surface area contributed by atoms with Crippen molar-refractivity contribution in [2.24, 2.45) is 23.7 Å². The van der Waals surface area contributed by atoms with Crippen LogP contribution >= 0.6 is 0 Å². The number of hydrogen-bond acceptors (Lipinski definition) is 8. The number of ether oxygens (including phenoxy) is 3. The van der Waals surface area contributed by atoms with Crippen molar-refractivity contribution < 1.29 is 33.6 Å². The molecule has 9 heteroatoms. The number of hydrogen-bond donors (Lipinski definition) is 1. The van der Waals surface area contributed by atoms with E-state index in [-0.39, 0.29) is 36.5 Å². The molecule has 4 aliphatic heterocycles. The maximum absolute atomic E-state index is 12.6. The molecule has 0 radical (unpaired) electrons. The topological polar surface area (TPSA) is 105 Å². The minimum absolute atomic E-state index is 0.0288. The number of fused-ring (bicyclic) bond motifs is 2. The molecule has 9 nitrogen and oxygen atoms in total. The van der Waals surface area contributed by atoms with E-state index in [0.29, 0.717) is 12.5 Å². The normalized spacial score (nSPS) is 40.7. The molecule has 8 unspecified atom stereocenters. The van der Waals surface area contributed by atoms with Crippen molar-refractivity contribution in [2.75, 3.05) is 0 Å². The van der Waals surface area contributed by atoms with Crippen molar-refractivity contribution in [2.45, 2.75) is 89.8 Å². The highest BCUT2D eigenvalue weighted by Gasteiger charge is 2.69. The third-order valence-electron chi connectivity index (χ3n) is 8.09. The summed E-state index contributed by atoms with van der Waals surface area (Å²) in [6.45, 7) is 6.47. The van der Waals surface area contributed by atoms with Crippen LogP contribution in [0.4, 0.5) is 0 Å². The highest BCUT2D eigenvalue weighted by Crippen LogP contribution is 2.60. The fourth-order valence-electron chi connectivity index (χ4n) is 6.19. The molecule has 34 heavy (non-hydrogen) atoms. The largest absolute Gasteiger partial charge is 0.435 e. The van der Waals surface area contributed by atoms with Gasteiger partial charge in [0.15, 0.2) is 11.9 Å². The second-order valence-corrected chi connectivity index (χ2v) is 10.4. The molecule has 1 spiro atoms. The van der Waals surface area contributed by atoms with Gasteiger partial charge in [0.2, 0.25) is 18.0 Å². The van der Waals surface area contributed by atoms with Crippen molar-refractivity contribution in [3.8, 4) is 0 Å². The van der Waals surface area contributed by atoms with Gasteiger partial charge in [-0.2, -0.15) is 0 Å².